The van der Waals surface area contributed by atoms with Crippen LogP contribution in [0, 0.1) is 0 Å². The van der Waals surface area contributed by atoms with Crippen molar-refractivity contribution < 1.29 is 5.11 Å². The van der Waals surface area contributed by atoms with Crippen molar-refractivity contribution in [3.63, 3.8) is 0 Å². The van der Waals surface area contributed by atoms with E-state index in [1.807, 2.05) is 32.3 Å². The molecule has 0 bridgehead atoms. The summed E-state index contributed by atoms with van der Waals surface area (Å²) in [5.74, 6) is 0.687. The molecule has 0 spiro atoms. The number of nitrogens with one attached hydrogen (secondary N) is 1. The maximum Gasteiger partial charge on any atom is 0.245 e. The van der Waals surface area contributed by atoms with Crippen LogP contribution in [0.3, 0.4) is 0 Å². The fourth-order valence-corrected chi connectivity index (χ4v) is 5.37. The molecule has 35 heavy (non-hydrogen) atoms. The van der Waals surface area contributed by atoms with E-state index in [9.17, 15) is 5.11 Å². The second-order valence-electron chi connectivity index (χ2n) is 10.8. The molecule has 1 saturated heterocycles. The SMILES string of the molecule is CN(c1ncc(-c2ccc(-c3cc4cnn(C)c4cn3)cc2O)nn1)C1CC(C)(C)NC(C)(C)C1. The summed E-state index contributed by atoms with van der Waals surface area (Å²) in [4.78, 5) is 11.2. The van der Waals surface area contributed by atoms with Gasteiger partial charge in [0.2, 0.25) is 5.95 Å². The summed E-state index contributed by atoms with van der Waals surface area (Å²) in [7, 11) is 3.91. The number of aromatic nitrogens is 6. The zero-order chi connectivity index (χ0) is 25.0. The van der Waals surface area contributed by atoms with Crippen LogP contribution >= 0.6 is 0 Å². The van der Waals surface area contributed by atoms with E-state index in [2.05, 4.69) is 63.2 Å². The topological polar surface area (TPSA) is 105 Å². The Hall–Kier alpha value is -3.59. The maximum absolute atomic E-state index is 10.8. The van der Waals surface area contributed by atoms with Gasteiger partial charge in [-0.05, 0) is 58.7 Å². The van der Waals surface area contributed by atoms with Crippen LogP contribution in [0.25, 0.3) is 33.4 Å². The van der Waals surface area contributed by atoms with Gasteiger partial charge >= 0.3 is 0 Å². The Morgan fingerprint density at radius 3 is 2.37 bits per heavy atom. The van der Waals surface area contributed by atoms with Crippen LogP contribution in [0.2, 0.25) is 0 Å². The largest absolute Gasteiger partial charge is 0.507 e. The Kier molecular flexibility index (Phi) is 5.47. The minimum Gasteiger partial charge on any atom is -0.507 e. The van der Waals surface area contributed by atoms with E-state index in [0.717, 1.165) is 35.0 Å². The molecule has 9 nitrogen and oxygen atoms in total. The third-order valence-electron chi connectivity index (χ3n) is 6.78. The lowest BCUT2D eigenvalue weighted by Gasteiger charge is -2.48. The molecule has 0 atom stereocenters. The number of aromatic hydroxyl groups is 1. The Bertz CT molecular complexity index is 1360. The number of anilines is 1. The molecule has 2 N–H and O–H groups in total. The molecule has 0 aliphatic carbocycles. The molecule has 9 heteroatoms. The predicted molar refractivity (Wildman–Crippen MR) is 137 cm³/mol. The normalized spacial score (nSPS) is 17.5. The molecule has 0 unspecified atom stereocenters. The number of fused-ring (bicyclic) bond motifs is 1. The molecule has 4 heterocycles. The second-order valence-corrected chi connectivity index (χ2v) is 10.8. The fraction of sp³-hybridized carbons (Fsp3) is 0.423. The molecule has 182 valence electrons. The number of hydrogen-bond acceptors (Lipinski definition) is 8. The van der Waals surface area contributed by atoms with Crippen molar-refractivity contribution in [2.45, 2.75) is 57.7 Å². The predicted octanol–water partition coefficient (Wildman–Crippen LogP) is 3.94. The van der Waals surface area contributed by atoms with Crippen LogP contribution in [0.1, 0.15) is 40.5 Å². The van der Waals surface area contributed by atoms with Gasteiger partial charge in [0, 0.05) is 47.7 Å². The lowest BCUT2D eigenvalue weighted by atomic mass is 9.79. The highest BCUT2D eigenvalue weighted by atomic mass is 16.3. The highest BCUT2D eigenvalue weighted by Gasteiger charge is 2.39. The summed E-state index contributed by atoms with van der Waals surface area (Å²) in [6.07, 6.45) is 7.24. The van der Waals surface area contributed by atoms with Gasteiger partial charge in [0.15, 0.2) is 0 Å². The summed E-state index contributed by atoms with van der Waals surface area (Å²) >= 11 is 0. The molecule has 3 aromatic heterocycles. The molecular weight excluding hydrogens is 440 g/mol. The van der Waals surface area contributed by atoms with E-state index in [-0.39, 0.29) is 16.8 Å². The number of phenols is 1. The molecule has 0 radical (unpaired) electrons. The smallest absolute Gasteiger partial charge is 0.245 e. The molecule has 1 fully saturated rings. The van der Waals surface area contributed by atoms with Gasteiger partial charge < -0.3 is 15.3 Å². The Labute approximate surface area is 205 Å². The molecule has 5 rings (SSSR count). The minimum atomic E-state index is 0.0258. The number of piperidine rings is 1. The van der Waals surface area contributed by atoms with Gasteiger partial charge in [0.05, 0.1) is 29.8 Å². The first-order chi connectivity index (χ1) is 16.5. The lowest BCUT2D eigenvalue weighted by molar-refractivity contribution is 0.160. The standard InChI is InChI=1S/C26H32N8O/c1-25(2)11-18(12-26(3,4)32-25)33(5)24-28-14-21(30-31-24)19-8-7-16(10-23(19)35)20-9-17-13-29-34(6)22(17)15-27-20/h7-10,13-15,18,32,35H,11-12H2,1-6H3. The highest BCUT2D eigenvalue weighted by molar-refractivity contribution is 5.83. The van der Waals surface area contributed by atoms with Crippen LogP contribution in [0.4, 0.5) is 5.95 Å². The summed E-state index contributed by atoms with van der Waals surface area (Å²) in [5.41, 5.74) is 3.68. The van der Waals surface area contributed by atoms with Gasteiger partial charge in [-0.2, -0.15) is 5.10 Å². The first-order valence-corrected chi connectivity index (χ1v) is 11.8. The quantitative estimate of drug-likeness (QED) is 0.460. The molecule has 1 aromatic carbocycles. The van der Waals surface area contributed by atoms with Crippen LogP contribution in [-0.4, -0.2) is 59.2 Å². The van der Waals surface area contributed by atoms with E-state index in [0.29, 0.717) is 23.2 Å². The summed E-state index contributed by atoms with van der Waals surface area (Å²) in [5, 5.41) is 28.5. The van der Waals surface area contributed by atoms with Gasteiger partial charge in [-0.25, -0.2) is 4.98 Å². The van der Waals surface area contributed by atoms with Crippen LogP contribution in [0.15, 0.2) is 42.9 Å². The van der Waals surface area contributed by atoms with E-state index in [1.54, 1.807) is 29.3 Å². The number of pyridine rings is 1. The average molecular weight is 473 g/mol. The third kappa shape index (κ3) is 4.55. The third-order valence-corrected chi connectivity index (χ3v) is 6.78. The van der Waals surface area contributed by atoms with Gasteiger partial charge in [0.1, 0.15) is 11.4 Å². The Morgan fingerprint density at radius 1 is 0.971 bits per heavy atom. The first kappa shape index (κ1) is 23.2. The van der Waals surface area contributed by atoms with Crippen molar-refractivity contribution in [2.24, 2.45) is 7.05 Å². The van der Waals surface area contributed by atoms with Gasteiger partial charge in [-0.1, -0.05) is 6.07 Å². The minimum absolute atomic E-state index is 0.0258. The summed E-state index contributed by atoms with van der Waals surface area (Å²) < 4.78 is 1.78. The van der Waals surface area contributed by atoms with Gasteiger partial charge in [-0.3, -0.25) is 9.67 Å². The molecule has 1 aliphatic rings. The van der Waals surface area contributed by atoms with Crippen LogP contribution in [-0.2, 0) is 7.05 Å². The monoisotopic (exact) mass is 472 g/mol. The highest BCUT2D eigenvalue weighted by Crippen LogP contribution is 2.34. The van der Waals surface area contributed by atoms with Crippen molar-refractivity contribution in [1.82, 2.24) is 35.3 Å². The van der Waals surface area contributed by atoms with E-state index in [4.69, 9.17) is 0 Å². The Balaban J connectivity index is 1.37. The van der Waals surface area contributed by atoms with Crippen LogP contribution in [0.5, 0.6) is 5.75 Å². The number of aryl methyl sites for hydroxylation is 1. The number of rotatable bonds is 4. The molecule has 0 amide bonds. The first-order valence-electron chi connectivity index (χ1n) is 11.8. The van der Waals surface area contributed by atoms with Crippen molar-refractivity contribution in [2.75, 3.05) is 11.9 Å². The fourth-order valence-electron chi connectivity index (χ4n) is 5.37. The average Bonchev–Trinajstić information content (AvgIpc) is 3.17. The van der Waals surface area contributed by atoms with Crippen molar-refractivity contribution in [3.8, 4) is 28.3 Å². The van der Waals surface area contributed by atoms with E-state index >= 15 is 0 Å². The van der Waals surface area contributed by atoms with Gasteiger partial charge in [0.25, 0.3) is 0 Å². The molecule has 1 aliphatic heterocycles. The number of hydrogen-bond donors (Lipinski definition) is 2. The molecule has 0 saturated carbocycles. The second kappa shape index (κ2) is 8.27. The van der Waals surface area contributed by atoms with E-state index in [1.165, 1.54) is 0 Å². The summed E-state index contributed by atoms with van der Waals surface area (Å²) in [6.45, 7) is 8.92. The summed E-state index contributed by atoms with van der Waals surface area (Å²) in [6, 6.07) is 7.70. The Morgan fingerprint density at radius 2 is 1.71 bits per heavy atom. The van der Waals surface area contributed by atoms with Gasteiger partial charge in [-0.15, -0.1) is 10.2 Å². The van der Waals surface area contributed by atoms with Crippen molar-refractivity contribution >= 4 is 16.9 Å². The number of benzene rings is 1. The van der Waals surface area contributed by atoms with E-state index < -0.39 is 0 Å². The lowest BCUT2D eigenvalue weighted by Crippen LogP contribution is -2.62. The molecule has 4 aromatic rings. The number of phenolic OH excluding ortho intramolecular Hbond substituents is 1. The van der Waals surface area contributed by atoms with Crippen molar-refractivity contribution in [3.05, 3.63) is 42.9 Å². The van der Waals surface area contributed by atoms with Crippen LogP contribution < -0.4 is 10.2 Å². The van der Waals surface area contributed by atoms with Crippen molar-refractivity contribution in [1.29, 1.82) is 0 Å². The zero-order valence-electron chi connectivity index (χ0n) is 21.1. The number of nitrogens with zero attached hydrogens (tertiary/aromatic N) is 7. The maximum atomic E-state index is 10.8. The molecular formula is C26H32N8O. The zero-order valence-corrected chi connectivity index (χ0v) is 21.1.